The van der Waals surface area contributed by atoms with Gasteiger partial charge in [-0.2, -0.15) is 0 Å². The van der Waals surface area contributed by atoms with Crippen molar-refractivity contribution in [2.45, 2.75) is 20.0 Å². The fraction of sp³-hybridized carbons (Fsp3) is 1.00. The number of ether oxygens (including phenoxy) is 2. The quantitative estimate of drug-likeness (QED) is 0.568. The molecule has 0 spiro atoms. The molecule has 0 saturated carbocycles. The van der Waals surface area contributed by atoms with E-state index in [2.05, 4.69) is 4.74 Å². The molecule has 0 radical (unpaired) electrons. The van der Waals surface area contributed by atoms with E-state index in [-0.39, 0.29) is 6.10 Å². The smallest absolute Gasteiger partial charge is 0.188 e. The van der Waals surface area contributed by atoms with Gasteiger partial charge in [-0.05, 0) is 13.8 Å². The standard InChI is InChI=1S/C6H13FO2/c1-3-9-6(2)4-8-5-7/h6H,3-5H2,1-2H3/t6-/m0/s1. The van der Waals surface area contributed by atoms with E-state index in [1.807, 2.05) is 13.8 Å². The third-order valence-electron chi connectivity index (χ3n) is 0.881. The lowest BCUT2D eigenvalue weighted by Gasteiger charge is -2.09. The van der Waals surface area contributed by atoms with Crippen LogP contribution in [0, 0.1) is 0 Å². The molecule has 0 aliphatic heterocycles. The molecule has 0 rings (SSSR count). The van der Waals surface area contributed by atoms with E-state index >= 15 is 0 Å². The zero-order chi connectivity index (χ0) is 7.11. The van der Waals surface area contributed by atoms with Crippen LogP contribution in [0.3, 0.4) is 0 Å². The summed E-state index contributed by atoms with van der Waals surface area (Å²) in [7, 11) is 0. The Hall–Kier alpha value is -0.150. The van der Waals surface area contributed by atoms with Crippen molar-refractivity contribution in [3.05, 3.63) is 0 Å². The maximum absolute atomic E-state index is 11.3. The van der Waals surface area contributed by atoms with E-state index in [0.29, 0.717) is 13.2 Å². The SMILES string of the molecule is CCO[C@@H](C)COCF. The highest BCUT2D eigenvalue weighted by molar-refractivity contribution is 4.43. The Balaban J connectivity index is 2.95. The van der Waals surface area contributed by atoms with Gasteiger partial charge in [-0.15, -0.1) is 0 Å². The minimum atomic E-state index is -0.725. The summed E-state index contributed by atoms with van der Waals surface area (Å²) in [6.07, 6.45) is 0.00532. The minimum absolute atomic E-state index is 0.00532. The van der Waals surface area contributed by atoms with Crippen LogP contribution in [0.4, 0.5) is 4.39 Å². The summed E-state index contributed by atoms with van der Waals surface area (Å²) >= 11 is 0. The number of alkyl halides is 1. The van der Waals surface area contributed by atoms with Crippen molar-refractivity contribution in [3.63, 3.8) is 0 Å². The van der Waals surface area contributed by atoms with Crippen LogP contribution in [-0.2, 0) is 9.47 Å². The molecule has 0 unspecified atom stereocenters. The Kier molecular flexibility index (Phi) is 5.88. The summed E-state index contributed by atoms with van der Waals surface area (Å²) in [5, 5.41) is 0. The molecule has 0 aromatic carbocycles. The van der Waals surface area contributed by atoms with Gasteiger partial charge in [0, 0.05) is 6.61 Å². The Morgan fingerprint density at radius 1 is 1.56 bits per heavy atom. The van der Waals surface area contributed by atoms with Crippen molar-refractivity contribution in [1.29, 1.82) is 0 Å². The van der Waals surface area contributed by atoms with Crippen molar-refractivity contribution in [3.8, 4) is 0 Å². The Morgan fingerprint density at radius 3 is 2.67 bits per heavy atom. The Morgan fingerprint density at radius 2 is 2.22 bits per heavy atom. The first-order valence-corrected chi connectivity index (χ1v) is 3.06. The fourth-order valence-corrected chi connectivity index (χ4v) is 0.543. The fourth-order valence-electron chi connectivity index (χ4n) is 0.543. The molecule has 0 fully saturated rings. The van der Waals surface area contributed by atoms with Crippen LogP contribution in [0.1, 0.15) is 13.8 Å². The normalized spacial score (nSPS) is 13.7. The third-order valence-corrected chi connectivity index (χ3v) is 0.881. The van der Waals surface area contributed by atoms with Crippen LogP contribution in [-0.4, -0.2) is 26.2 Å². The first-order chi connectivity index (χ1) is 4.31. The van der Waals surface area contributed by atoms with Gasteiger partial charge < -0.3 is 9.47 Å². The maximum Gasteiger partial charge on any atom is 0.188 e. The van der Waals surface area contributed by atoms with Gasteiger partial charge >= 0.3 is 0 Å². The first kappa shape index (κ1) is 8.85. The van der Waals surface area contributed by atoms with Gasteiger partial charge in [0.25, 0.3) is 0 Å². The van der Waals surface area contributed by atoms with E-state index in [0.717, 1.165) is 0 Å². The molecule has 1 atom stereocenters. The maximum atomic E-state index is 11.3. The van der Waals surface area contributed by atoms with E-state index in [1.54, 1.807) is 0 Å². The lowest BCUT2D eigenvalue weighted by molar-refractivity contribution is -0.0280. The molecule has 9 heavy (non-hydrogen) atoms. The summed E-state index contributed by atoms with van der Waals surface area (Å²) < 4.78 is 20.8. The molecule has 0 N–H and O–H groups in total. The minimum Gasteiger partial charge on any atom is -0.376 e. The van der Waals surface area contributed by atoms with Crippen molar-refractivity contribution >= 4 is 0 Å². The molecule has 2 nitrogen and oxygen atoms in total. The molecule has 56 valence electrons. The number of rotatable bonds is 5. The van der Waals surface area contributed by atoms with Crippen LogP contribution >= 0.6 is 0 Å². The average molecular weight is 136 g/mol. The topological polar surface area (TPSA) is 18.5 Å². The zero-order valence-corrected chi connectivity index (χ0v) is 5.89. The van der Waals surface area contributed by atoms with Crippen LogP contribution in [0.2, 0.25) is 0 Å². The summed E-state index contributed by atoms with van der Waals surface area (Å²) in [6, 6.07) is 0. The molecule has 0 saturated heterocycles. The van der Waals surface area contributed by atoms with E-state index in [9.17, 15) is 4.39 Å². The van der Waals surface area contributed by atoms with E-state index in [4.69, 9.17) is 4.74 Å². The number of halogens is 1. The molecule has 0 bridgehead atoms. The highest BCUT2D eigenvalue weighted by Crippen LogP contribution is 1.90. The van der Waals surface area contributed by atoms with Gasteiger partial charge in [-0.25, -0.2) is 4.39 Å². The average Bonchev–Trinajstić information content (AvgIpc) is 1.85. The van der Waals surface area contributed by atoms with Crippen molar-refractivity contribution < 1.29 is 13.9 Å². The lowest BCUT2D eigenvalue weighted by atomic mass is 10.4. The first-order valence-electron chi connectivity index (χ1n) is 3.06. The largest absolute Gasteiger partial charge is 0.376 e. The molecule has 3 heteroatoms. The third kappa shape index (κ3) is 5.73. The highest BCUT2D eigenvalue weighted by Gasteiger charge is 1.98. The molecular formula is C6H13FO2. The molecular weight excluding hydrogens is 123 g/mol. The van der Waals surface area contributed by atoms with Gasteiger partial charge in [0.1, 0.15) is 0 Å². The molecule has 0 amide bonds. The molecule has 0 aliphatic rings. The van der Waals surface area contributed by atoms with Crippen molar-refractivity contribution in [2.24, 2.45) is 0 Å². The molecule has 0 aromatic heterocycles. The van der Waals surface area contributed by atoms with Gasteiger partial charge in [0.15, 0.2) is 6.86 Å². The Labute approximate surface area is 55.0 Å². The lowest BCUT2D eigenvalue weighted by Crippen LogP contribution is -2.15. The predicted octanol–water partition coefficient (Wildman–Crippen LogP) is 1.35. The van der Waals surface area contributed by atoms with Crippen molar-refractivity contribution in [1.82, 2.24) is 0 Å². The number of hydrogen-bond acceptors (Lipinski definition) is 2. The summed E-state index contributed by atoms with van der Waals surface area (Å²) in [5.41, 5.74) is 0. The van der Waals surface area contributed by atoms with E-state index in [1.165, 1.54) is 0 Å². The summed E-state index contributed by atoms with van der Waals surface area (Å²) in [4.78, 5) is 0. The van der Waals surface area contributed by atoms with Crippen LogP contribution in [0.5, 0.6) is 0 Å². The second-order valence-corrected chi connectivity index (χ2v) is 1.75. The van der Waals surface area contributed by atoms with Gasteiger partial charge in [0.2, 0.25) is 0 Å². The number of hydrogen-bond donors (Lipinski definition) is 0. The summed E-state index contributed by atoms with van der Waals surface area (Å²) in [5.74, 6) is 0. The second kappa shape index (κ2) is 5.98. The second-order valence-electron chi connectivity index (χ2n) is 1.75. The monoisotopic (exact) mass is 136 g/mol. The Bertz CT molecular complexity index is 59.0. The zero-order valence-electron chi connectivity index (χ0n) is 5.89. The molecule has 0 heterocycles. The predicted molar refractivity (Wildman–Crippen MR) is 33.0 cm³/mol. The van der Waals surface area contributed by atoms with Crippen LogP contribution < -0.4 is 0 Å². The summed E-state index contributed by atoms with van der Waals surface area (Å²) in [6.45, 7) is 4.00. The van der Waals surface area contributed by atoms with E-state index < -0.39 is 6.86 Å². The van der Waals surface area contributed by atoms with Gasteiger partial charge in [-0.3, -0.25) is 0 Å². The van der Waals surface area contributed by atoms with Gasteiger partial charge in [0.05, 0.1) is 12.7 Å². The molecule has 0 aromatic rings. The van der Waals surface area contributed by atoms with Crippen LogP contribution in [0.25, 0.3) is 0 Å². The van der Waals surface area contributed by atoms with Crippen molar-refractivity contribution in [2.75, 3.05) is 20.1 Å². The highest BCUT2D eigenvalue weighted by atomic mass is 19.1. The molecule has 0 aliphatic carbocycles. The van der Waals surface area contributed by atoms with Gasteiger partial charge in [-0.1, -0.05) is 0 Å². The van der Waals surface area contributed by atoms with Crippen LogP contribution in [0.15, 0.2) is 0 Å².